The smallest absolute Gasteiger partial charge is 0.214 e. The minimum absolute atomic E-state index is 0.0701. The van der Waals surface area contributed by atoms with Crippen LogP contribution in [0, 0.1) is 5.41 Å². The predicted octanol–water partition coefficient (Wildman–Crippen LogP) is 3.62. The second kappa shape index (κ2) is 6.06. The third-order valence-electron chi connectivity index (χ3n) is 4.74. The molecule has 128 valence electrons. The van der Waals surface area contributed by atoms with Gasteiger partial charge in [-0.3, -0.25) is 0 Å². The number of hydrogen-bond acceptors (Lipinski definition) is 5. The van der Waals surface area contributed by atoms with E-state index in [0.29, 0.717) is 5.41 Å². The summed E-state index contributed by atoms with van der Waals surface area (Å²) in [6.07, 6.45) is 7.39. The van der Waals surface area contributed by atoms with Crippen LogP contribution in [-0.4, -0.2) is 46.7 Å². The van der Waals surface area contributed by atoms with Crippen molar-refractivity contribution in [1.29, 1.82) is 0 Å². The van der Waals surface area contributed by atoms with Crippen LogP contribution in [0.4, 0.5) is 5.13 Å². The van der Waals surface area contributed by atoms with Crippen LogP contribution >= 0.6 is 11.3 Å². The maximum Gasteiger partial charge on any atom is 0.214 e. The second-order valence-electron chi connectivity index (χ2n) is 8.31. The average Bonchev–Trinajstić information content (AvgIpc) is 3.08. The fourth-order valence-electron chi connectivity index (χ4n) is 3.58. The maximum atomic E-state index is 4.72. The van der Waals surface area contributed by atoms with Crippen molar-refractivity contribution in [1.82, 2.24) is 19.5 Å². The first kappa shape index (κ1) is 16.7. The van der Waals surface area contributed by atoms with Gasteiger partial charge in [0.2, 0.25) is 10.1 Å². The molecular weight excluding hydrogens is 306 g/mol. The van der Waals surface area contributed by atoms with Crippen molar-refractivity contribution in [3.05, 3.63) is 11.9 Å². The average molecular weight is 336 g/mol. The molecule has 2 aromatic heterocycles. The summed E-state index contributed by atoms with van der Waals surface area (Å²) in [6, 6.07) is 0. The van der Waals surface area contributed by atoms with Crippen LogP contribution in [0.2, 0.25) is 0 Å². The lowest BCUT2D eigenvalue weighted by atomic mass is 9.85. The normalized spacial score (nSPS) is 18.2. The van der Waals surface area contributed by atoms with Gasteiger partial charge in [-0.2, -0.15) is 0 Å². The van der Waals surface area contributed by atoms with Crippen molar-refractivity contribution in [3.8, 4) is 0 Å². The van der Waals surface area contributed by atoms with Gasteiger partial charge in [0.25, 0.3) is 0 Å². The minimum Gasteiger partial charge on any atom is -0.359 e. The summed E-state index contributed by atoms with van der Waals surface area (Å²) in [5.74, 6) is 0. The molecule has 5 nitrogen and oxygen atoms in total. The molecule has 6 heteroatoms. The number of hydrogen-bond donors (Lipinski definition) is 1. The molecule has 1 aliphatic rings. The Bertz CT molecular complexity index is 627. The first-order valence-electron chi connectivity index (χ1n) is 8.53. The monoisotopic (exact) mass is 335 g/mol. The molecule has 1 aliphatic carbocycles. The Hall–Kier alpha value is -1.14. The van der Waals surface area contributed by atoms with Crippen LogP contribution in [0.15, 0.2) is 6.20 Å². The maximum absolute atomic E-state index is 4.72. The molecule has 0 bridgehead atoms. The molecule has 3 rings (SSSR count). The molecule has 1 saturated carbocycles. The lowest BCUT2D eigenvalue weighted by Crippen LogP contribution is -2.37. The van der Waals surface area contributed by atoms with E-state index >= 15 is 0 Å². The van der Waals surface area contributed by atoms with Gasteiger partial charge in [-0.25, -0.2) is 9.50 Å². The van der Waals surface area contributed by atoms with Crippen LogP contribution in [0.1, 0.15) is 52.1 Å². The van der Waals surface area contributed by atoms with E-state index in [-0.39, 0.29) is 5.41 Å². The van der Waals surface area contributed by atoms with Gasteiger partial charge >= 0.3 is 0 Å². The van der Waals surface area contributed by atoms with Gasteiger partial charge in [-0.1, -0.05) is 44.9 Å². The Morgan fingerprint density at radius 2 is 2.00 bits per heavy atom. The van der Waals surface area contributed by atoms with Crippen molar-refractivity contribution >= 4 is 21.4 Å². The minimum atomic E-state index is 0.0701. The van der Waals surface area contributed by atoms with Crippen LogP contribution < -0.4 is 5.32 Å². The molecule has 0 aromatic carbocycles. The standard InChI is InChI=1S/C17H29N5S/c1-16(2,3)13-10-22-15(19-13)23-14(20-22)18-11-17(12-21(4)5)8-6-7-9-17/h10H,6-9,11-12H2,1-5H3,(H,18,20). The Morgan fingerprint density at radius 1 is 1.30 bits per heavy atom. The highest BCUT2D eigenvalue weighted by molar-refractivity contribution is 7.20. The molecule has 1 fully saturated rings. The van der Waals surface area contributed by atoms with E-state index in [9.17, 15) is 0 Å². The summed E-state index contributed by atoms with van der Waals surface area (Å²) < 4.78 is 1.92. The molecule has 0 aliphatic heterocycles. The van der Waals surface area contributed by atoms with Gasteiger partial charge in [0.15, 0.2) is 0 Å². The van der Waals surface area contributed by atoms with E-state index in [2.05, 4.69) is 56.4 Å². The summed E-state index contributed by atoms with van der Waals surface area (Å²) in [4.78, 5) is 8.01. The summed E-state index contributed by atoms with van der Waals surface area (Å²) in [6.45, 7) is 8.71. The third kappa shape index (κ3) is 3.69. The molecule has 0 spiro atoms. The molecule has 0 radical (unpaired) electrons. The molecule has 0 unspecified atom stereocenters. The van der Waals surface area contributed by atoms with E-state index < -0.39 is 0 Å². The van der Waals surface area contributed by atoms with Gasteiger partial charge in [0.05, 0.1) is 11.9 Å². The van der Waals surface area contributed by atoms with Crippen LogP contribution in [0.5, 0.6) is 0 Å². The quantitative estimate of drug-likeness (QED) is 0.906. The van der Waals surface area contributed by atoms with Crippen LogP contribution in [0.3, 0.4) is 0 Å². The van der Waals surface area contributed by atoms with Crippen molar-refractivity contribution in [3.63, 3.8) is 0 Å². The zero-order valence-electron chi connectivity index (χ0n) is 15.0. The number of imidazole rings is 1. The highest BCUT2D eigenvalue weighted by atomic mass is 32.1. The van der Waals surface area contributed by atoms with Gasteiger partial charge in [-0.15, -0.1) is 5.10 Å². The van der Waals surface area contributed by atoms with Crippen molar-refractivity contribution in [2.24, 2.45) is 5.41 Å². The summed E-state index contributed by atoms with van der Waals surface area (Å²) in [7, 11) is 4.34. The topological polar surface area (TPSA) is 45.5 Å². The van der Waals surface area contributed by atoms with Gasteiger partial charge < -0.3 is 10.2 Å². The highest BCUT2D eigenvalue weighted by Gasteiger charge is 2.34. The van der Waals surface area contributed by atoms with Crippen molar-refractivity contribution in [2.45, 2.75) is 51.9 Å². The fourth-order valence-corrected chi connectivity index (χ4v) is 4.36. The largest absolute Gasteiger partial charge is 0.359 e. The van der Waals surface area contributed by atoms with E-state index in [1.807, 2.05) is 4.52 Å². The summed E-state index contributed by atoms with van der Waals surface area (Å²) in [5, 5.41) is 9.24. The Labute approximate surface area is 143 Å². The molecule has 0 saturated heterocycles. The Balaban J connectivity index is 1.70. The first-order valence-corrected chi connectivity index (χ1v) is 9.34. The van der Waals surface area contributed by atoms with E-state index in [1.165, 1.54) is 25.7 Å². The van der Waals surface area contributed by atoms with Crippen LogP contribution in [0.25, 0.3) is 4.96 Å². The first-order chi connectivity index (χ1) is 10.8. The fraction of sp³-hybridized carbons (Fsp3) is 0.765. The van der Waals surface area contributed by atoms with Gasteiger partial charge in [-0.05, 0) is 26.9 Å². The van der Waals surface area contributed by atoms with Gasteiger partial charge in [0.1, 0.15) is 0 Å². The number of nitrogens with zero attached hydrogens (tertiary/aromatic N) is 4. The number of nitrogens with one attached hydrogen (secondary N) is 1. The van der Waals surface area contributed by atoms with E-state index in [0.717, 1.165) is 28.9 Å². The summed E-state index contributed by atoms with van der Waals surface area (Å²) >= 11 is 1.65. The van der Waals surface area contributed by atoms with Crippen molar-refractivity contribution < 1.29 is 0 Å². The van der Waals surface area contributed by atoms with E-state index in [1.54, 1.807) is 11.3 Å². The number of aromatic nitrogens is 3. The van der Waals surface area contributed by atoms with Crippen LogP contribution in [-0.2, 0) is 5.41 Å². The Kier molecular flexibility index (Phi) is 4.40. The molecule has 23 heavy (non-hydrogen) atoms. The molecule has 0 atom stereocenters. The molecule has 2 heterocycles. The second-order valence-corrected chi connectivity index (χ2v) is 9.26. The summed E-state index contributed by atoms with van der Waals surface area (Å²) in [5.41, 5.74) is 1.57. The number of rotatable bonds is 5. The molecule has 1 N–H and O–H groups in total. The molecule has 2 aromatic rings. The lowest BCUT2D eigenvalue weighted by Gasteiger charge is -2.32. The zero-order chi connectivity index (χ0) is 16.7. The van der Waals surface area contributed by atoms with E-state index in [4.69, 9.17) is 4.98 Å². The third-order valence-corrected chi connectivity index (χ3v) is 5.62. The highest BCUT2D eigenvalue weighted by Crippen LogP contribution is 2.39. The lowest BCUT2D eigenvalue weighted by molar-refractivity contribution is 0.215. The predicted molar refractivity (Wildman–Crippen MR) is 97.5 cm³/mol. The van der Waals surface area contributed by atoms with Gasteiger partial charge in [0, 0.05) is 23.9 Å². The zero-order valence-corrected chi connectivity index (χ0v) is 15.8. The molecular formula is C17H29N5S. The van der Waals surface area contributed by atoms with Crippen molar-refractivity contribution in [2.75, 3.05) is 32.5 Å². The Morgan fingerprint density at radius 3 is 2.57 bits per heavy atom. The number of anilines is 1. The molecule has 0 amide bonds. The number of fused-ring (bicyclic) bond motifs is 1. The SMILES string of the molecule is CN(C)CC1(CNc2nn3cc(C(C)(C)C)nc3s2)CCCC1.